The highest BCUT2D eigenvalue weighted by molar-refractivity contribution is 7.80. The van der Waals surface area contributed by atoms with Gasteiger partial charge in [0.2, 0.25) is 0 Å². The van der Waals surface area contributed by atoms with Crippen LogP contribution in [0.1, 0.15) is 13.8 Å². The van der Waals surface area contributed by atoms with Crippen molar-refractivity contribution >= 4 is 62.9 Å². The summed E-state index contributed by atoms with van der Waals surface area (Å²) in [5, 5.41) is 4.22. The lowest BCUT2D eigenvalue weighted by atomic mass is 10.3. The SMILES string of the molecule is C[Si](C)[CH2][Al]([NH]c1ccccc1P(c1ccccc1)c1ccccc1)[C](C)(C)[Si]. The lowest BCUT2D eigenvalue weighted by Crippen LogP contribution is -2.41. The molecule has 0 aliphatic rings. The first-order valence-corrected chi connectivity index (χ1v) is 16.7. The number of hydrogen-bond acceptors (Lipinski definition) is 1. The molecule has 4 radical (unpaired) electrons. The number of benzene rings is 3. The summed E-state index contributed by atoms with van der Waals surface area (Å²) in [6.45, 7) is 9.52. The second-order valence-electron chi connectivity index (χ2n) is 8.35. The van der Waals surface area contributed by atoms with Crippen molar-refractivity contribution in [1.82, 2.24) is 0 Å². The molecule has 0 saturated heterocycles. The normalized spacial score (nSPS) is 11.7. The van der Waals surface area contributed by atoms with Gasteiger partial charge in [-0.25, -0.2) is 0 Å². The first-order valence-electron chi connectivity index (χ1n) is 10.2. The van der Waals surface area contributed by atoms with E-state index in [9.17, 15) is 0 Å². The fourth-order valence-corrected chi connectivity index (χ4v) is 13.8. The Labute approximate surface area is 187 Å². The zero-order valence-corrected chi connectivity index (χ0v) is 21.9. The second kappa shape index (κ2) is 10.2. The molecule has 3 aromatic rings. The van der Waals surface area contributed by atoms with Gasteiger partial charge in [0, 0.05) is 30.0 Å². The molecule has 0 aromatic heterocycles. The van der Waals surface area contributed by atoms with E-state index in [2.05, 4.69) is 126 Å². The van der Waals surface area contributed by atoms with Crippen LogP contribution in [0.15, 0.2) is 84.9 Å². The first kappa shape index (κ1) is 22.5. The monoisotopic (exact) mass is 445 g/mol. The van der Waals surface area contributed by atoms with Crippen LogP contribution in [0.5, 0.6) is 0 Å². The third-order valence-corrected chi connectivity index (χ3v) is 15.8. The molecule has 0 bridgehead atoms. The number of nitrogens with one attached hydrogen (secondary N) is 1. The molecule has 0 spiro atoms. The predicted molar refractivity (Wildman–Crippen MR) is 137 cm³/mol. The van der Waals surface area contributed by atoms with Crippen LogP contribution in [0.4, 0.5) is 5.69 Å². The summed E-state index contributed by atoms with van der Waals surface area (Å²) in [6, 6.07) is 30.9. The predicted octanol–water partition coefficient (Wildman–Crippen LogP) is 5.05. The smallest absolute Gasteiger partial charge is 0.410 e. The van der Waals surface area contributed by atoms with Crippen LogP contribution in [0.3, 0.4) is 0 Å². The molecule has 0 unspecified atom stereocenters. The van der Waals surface area contributed by atoms with Crippen molar-refractivity contribution in [2.24, 2.45) is 0 Å². The average molecular weight is 446 g/mol. The van der Waals surface area contributed by atoms with Crippen LogP contribution < -0.4 is 20.2 Å². The van der Waals surface area contributed by atoms with Crippen LogP contribution in [-0.2, 0) is 0 Å². The zero-order chi connectivity index (χ0) is 20.9. The fraction of sp³-hybridized carbons (Fsp3) is 0.250. The Morgan fingerprint density at radius 1 is 0.828 bits per heavy atom. The number of anilines is 1. The minimum absolute atomic E-state index is 0.164. The molecule has 0 fully saturated rings. The summed E-state index contributed by atoms with van der Waals surface area (Å²) in [6.07, 6.45) is 0. The standard InChI is InChI=1S/C18H15NP.C3H8Si.C3H6Si.Al/c19-17-13-7-8-14-18(17)20(15-9-3-1-4-10-15)16-11-5-2-6-12-16;1-4(2)3;1-3(2)4;/h1-14,19H;1H2,2-3H3;1-2H3;/q-1;;;+1. The summed E-state index contributed by atoms with van der Waals surface area (Å²) >= 11 is -1.24. The van der Waals surface area contributed by atoms with E-state index in [1.165, 1.54) is 26.5 Å². The quantitative estimate of drug-likeness (QED) is 0.378. The molecule has 146 valence electrons. The van der Waals surface area contributed by atoms with Crippen molar-refractivity contribution < 1.29 is 0 Å². The van der Waals surface area contributed by atoms with Crippen molar-refractivity contribution in [2.45, 2.75) is 35.7 Å². The van der Waals surface area contributed by atoms with Crippen LogP contribution in [0, 0.1) is 0 Å². The van der Waals surface area contributed by atoms with Gasteiger partial charge in [-0.1, -0.05) is 115 Å². The lowest BCUT2D eigenvalue weighted by molar-refractivity contribution is 0.933. The molecule has 0 saturated carbocycles. The van der Waals surface area contributed by atoms with Gasteiger partial charge < -0.3 is 4.30 Å². The fourth-order valence-electron chi connectivity index (χ4n) is 3.45. The molecule has 3 aromatic carbocycles. The molecule has 0 amide bonds. The van der Waals surface area contributed by atoms with E-state index < -0.39 is 22.3 Å². The van der Waals surface area contributed by atoms with Crippen LogP contribution >= 0.6 is 7.92 Å². The number of para-hydroxylation sites is 1. The van der Waals surface area contributed by atoms with E-state index in [1.54, 1.807) is 0 Å². The van der Waals surface area contributed by atoms with Gasteiger partial charge in [-0.05, 0) is 24.6 Å². The highest BCUT2D eigenvalue weighted by atomic mass is 31.1. The van der Waals surface area contributed by atoms with Gasteiger partial charge in [0.1, 0.15) is 0 Å². The zero-order valence-electron chi connectivity index (χ0n) is 17.8. The van der Waals surface area contributed by atoms with Crippen LogP contribution in [0.25, 0.3) is 0 Å². The Morgan fingerprint density at radius 2 is 1.31 bits per heavy atom. The number of hydrogen-bond donors (Lipinski definition) is 1. The van der Waals surface area contributed by atoms with Gasteiger partial charge in [0.15, 0.2) is 0 Å². The maximum absolute atomic E-state index is 4.07. The molecule has 0 aliphatic heterocycles. The van der Waals surface area contributed by atoms with Crippen LogP contribution in [-0.4, -0.2) is 33.4 Å². The van der Waals surface area contributed by atoms with E-state index in [0.717, 1.165) is 0 Å². The molecule has 0 atom stereocenters. The summed E-state index contributed by atoms with van der Waals surface area (Å²) in [4.78, 5) is 1.35. The molecular weight excluding hydrogens is 416 g/mol. The second-order valence-corrected chi connectivity index (χ2v) is 19.3. The van der Waals surface area contributed by atoms with Gasteiger partial charge in [-0.2, -0.15) is 0 Å². The van der Waals surface area contributed by atoms with Gasteiger partial charge in [0.25, 0.3) is 0 Å². The summed E-state index contributed by atoms with van der Waals surface area (Å²) < 4.78 is 4.23. The molecular formula is C24H29AlNPSi2. The molecule has 1 N–H and O–H groups in total. The molecule has 0 aliphatic carbocycles. The minimum Gasteiger partial charge on any atom is -0.476 e. The highest BCUT2D eigenvalue weighted by Gasteiger charge is 2.35. The molecule has 3 rings (SSSR count). The van der Waals surface area contributed by atoms with Gasteiger partial charge in [-0.15, -0.1) is 0 Å². The van der Waals surface area contributed by atoms with Gasteiger partial charge in [-0.3, -0.25) is 0 Å². The lowest BCUT2D eigenvalue weighted by Gasteiger charge is -2.30. The van der Waals surface area contributed by atoms with Crippen LogP contribution in [0.2, 0.25) is 21.9 Å². The van der Waals surface area contributed by atoms with E-state index in [-0.39, 0.29) is 12.7 Å². The van der Waals surface area contributed by atoms with Crippen molar-refractivity contribution in [3.63, 3.8) is 0 Å². The summed E-state index contributed by atoms with van der Waals surface area (Å²) in [5.41, 5.74) is 1.32. The van der Waals surface area contributed by atoms with Crippen molar-refractivity contribution in [2.75, 3.05) is 4.30 Å². The highest BCUT2D eigenvalue weighted by Crippen LogP contribution is 2.37. The topological polar surface area (TPSA) is 12.0 Å². The van der Waals surface area contributed by atoms with E-state index >= 15 is 0 Å². The first-order chi connectivity index (χ1) is 13.9. The Morgan fingerprint density at radius 3 is 1.79 bits per heavy atom. The van der Waals surface area contributed by atoms with E-state index in [0.29, 0.717) is 0 Å². The van der Waals surface area contributed by atoms with Crippen molar-refractivity contribution in [3.8, 4) is 0 Å². The Kier molecular flexibility index (Phi) is 7.97. The van der Waals surface area contributed by atoms with E-state index in [4.69, 9.17) is 0 Å². The molecule has 29 heavy (non-hydrogen) atoms. The Hall–Kier alpha value is -1.14. The maximum Gasteiger partial charge on any atom is 0.410 e. The molecule has 5 heteroatoms. The van der Waals surface area contributed by atoms with Gasteiger partial charge in [0.05, 0.1) is 0 Å². The summed E-state index contributed by atoms with van der Waals surface area (Å²) in [7, 11) is 3.16. The molecule has 1 nitrogen and oxygen atoms in total. The third-order valence-electron chi connectivity index (χ3n) is 4.99. The Balaban J connectivity index is 2.07. The number of rotatable bonds is 8. The molecule has 0 heterocycles. The van der Waals surface area contributed by atoms with E-state index in [1.807, 2.05) is 0 Å². The van der Waals surface area contributed by atoms with Crippen molar-refractivity contribution in [1.29, 1.82) is 0 Å². The largest absolute Gasteiger partial charge is 0.476 e. The Bertz CT molecular complexity index is 858. The minimum atomic E-state index is -1.24. The average Bonchev–Trinajstić information content (AvgIpc) is 2.69. The van der Waals surface area contributed by atoms with Crippen molar-refractivity contribution in [3.05, 3.63) is 84.9 Å². The maximum atomic E-state index is 4.07. The van der Waals surface area contributed by atoms with Gasteiger partial charge >= 0.3 is 14.4 Å². The summed E-state index contributed by atoms with van der Waals surface area (Å²) in [5.74, 6) is 0. The third kappa shape index (κ3) is 6.17.